The molecule has 1 saturated carbocycles. The van der Waals surface area contributed by atoms with E-state index in [0.717, 1.165) is 29.5 Å². The molecule has 2 aliphatic rings. The van der Waals surface area contributed by atoms with Crippen LogP contribution in [-0.2, 0) is 22.7 Å². The second kappa shape index (κ2) is 12.3. The molecule has 38 heavy (non-hydrogen) atoms. The molecule has 3 unspecified atom stereocenters. The van der Waals surface area contributed by atoms with Crippen LogP contribution < -0.4 is 26.1 Å². The highest BCUT2D eigenvalue weighted by atomic mass is 35.5. The summed E-state index contributed by atoms with van der Waals surface area (Å²) in [7, 11) is -10.5. The third-order valence-electron chi connectivity index (χ3n) is 6.49. The molecule has 0 amide bonds. The maximum Gasteiger partial charge on any atom is 0.351 e. The van der Waals surface area contributed by atoms with Gasteiger partial charge in [-0.05, 0) is 49.1 Å². The van der Waals surface area contributed by atoms with Crippen molar-refractivity contribution in [3.63, 3.8) is 0 Å². The Bertz CT molecular complexity index is 1260. The Morgan fingerprint density at radius 1 is 1.11 bits per heavy atom. The second-order valence-corrected chi connectivity index (χ2v) is 13.0. The lowest BCUT2D eigenvalue weighted by Crippen LogP contribution is -2.36. The number of anilines is 1. The van der Waals surface area contributed by atoms with Gasteiger partial charge in [0.15, 0.2) is 13.8 Å². The summed E-state index contributed by atoms with van der Waals surface area (Å²) >= 11 is 5.70. The van der Waals surface area contributed by atoms with Crippen molar-refractivity contribution in [2.24, 2.45) is 5.92 Å². The van der Waals surface area contributed by atoms with Crippen LogP contribution in [0.25, 0.3) is 0 Å². The van der Waals surface area contributed by atoms with E-state index in [4.69, 9.17) is 16.3 Å². The number of hydrogen-bond donors (Lipinski definition) is 3. The molecule has 2 heterocycles. The first-order valence-corrected chi connectivity index (χ1v) is 15.4. The fourth-order valence-electron chi connectivity index (χ4n) is 4.43. The molecule has 6 atom stereocenters. The molecular weight excluding hydrogens is 564 g/mol. The summed E-state index contributed by atoms with van der Waals surface area (Å²) in [5.74, 6) is 0.864. The van der Waals surface area contributed by atoms with Crippen LogP contribution in [0.1, 0.15) is 38.3 Å². The third kappa shape index (κ3) is 7.31. The topological polar surface area (TPSA) is 195 Å². The fraction of sp³-hybridized carbons (Fsp3) is 0.545. The molecule has 2 aromatic rings. The number of aliphatic hydroxyl groups is 2. The van der Waals surface area contributed by atoms with Gasteiger partial charge in [0.2, 0.25) is 0 Å². The van der Waals surface area contributed by atoms with Gasteiger partial charge in [0, 0.05) is 23.1 Å². The summed E-state index contributed by atoms with van der Waals surface area (Å²) in [6, 6.07) is 6.12. The zero-order chi connectivity index (χ0) is 27.5. The lowest BCUT2D eigenvalue weighted by Gasteiger charge is -2.32. The van der Waals surface area contributed by atoms with Gasteiger partial charge >= 0.3 is 5.69 Å². The van der Waals surface area contributed by atoms with Crippen molar-refractivity contribution >= 4 is 38.1 Å². The lowest BCUT2D eigenvalue weighted by atomic mass is 9.89. The van der Waals surface area contributed by atoms with E-state index in [0.29, 0.717) is 18.3 Å². The number of benzene rings is 1. The Morgan fingerprint density at radius 3 is 2.45 bits per heavy atom. The van der Waals surface area contributed by atoms with E-state index in [-0.39, 0.29) is 5.02 Å². The fourth-order valence-corrected chi connectivity index (χ4v) is 7.02. The van der Waals surface area contributed by atoms with Crippen molar-refractivity contribution < 1.29 is 42.7 Å². The Hall–Kier alpha value is -1.63. The quantitative estimate of drug-likeness (QED) is 0.331. The van der Waals surface area contributed by atoms with Gasteiger partial charge in [-0.3, -0.25) is 13.4 Å². The molecule has 1 saturated heterocycles. The highest BCUT2D eigenvalue weighted by molar-refractivity contribution is 7.67. The number of ether oxygens (including phenoxy) is 1. The van der Waals surface area contributed by atoms with Gasteiger partial charge in [0.05, 0.1) is 6.61 Å². The van der Waals surface area contributed by atoms with Crippen molar-refractivity contribution in [3.05, 3.63) is 52.0 Å². The molecule has 0 bridgehead atoms. The van der Waals surface area contributed by atoms with E-state index in [1.54, 1.807) is 0 Å². The van der Waals surface area contributed by atoms with Crippen molar-refractivity contribution in [1.29, 1.82) is 0 Å². The Balaban J connectivity index is 1.35. The highest BCUT2D eigenvalue weighted by Gasteiger charge is 2.44. The Kier molecular flexibility index (Phi) is 9.47. The average molecular weight is 592 g/mol. The molecule has 1 aliphatic carbocycles. The minimum atomic E-state index is -5.44. The van der Waals surface area contributed by atoms with Crippen LogP contribution in [0.2, 0.25) is 5.02 Å². The minimum absolute atomic E-state index is 0.232. The first-order chi connectivity index (χ1) is 17.9. The highest BCUT2D eigenvalue weighted by Crippen LogP contribution is 2.54. The summed E-state index contributed by atoms with van der Waals surface area (Å²) in [5, 5.41) is 23.7. The Labute approximate surface area is 223 Å². The van der Waals surface area contributed by atoms with Gasteiger partial charge in [-0.1, -0.05) is 30.9 Å². The van der Waals surface area contributed by atoms with Gasteiger partial charge in [-0.25, -0.2) is 4.79 Å². The smallest absolute Gasteiger partial charge is 0.351 e. The van der Waals surface area contributed by atoms with Crippen LogP contribution in [0.3, 0.4) is 0 Å². The van der Waals surface area contributed by atoms with E-state index in [1.807, 2.05) is 0 Å². The molecule has 3 N–H and O–H groups in total. The van der Waals surface area contributed by atoms with Gasteiger partial charge in [-0.2, -0.15) is 4.98 Å². The molecule has 16 heteroatoms. The Morgan fingerprint density at radius 2 is 1.79 bits per heavy atom. The van der Waals surface area contributed by atoms with Crippen molar-refractivity contribution in [3.8, 4) is 0 Å². The number of phosphoric ester groups is 1. The SMILES string of the molecule is O=c1nc(NCC2CCCCC2)ccn1[C@@H]1O[C@H](COP(=O)([O-])OP(=O)([O-])c2ccc(Cl)cc2)[C@H](O)C1O. The molecule has 1 aromatic heterocycles. The number of nitrogens with zero attached hydrogens (tertiary/aromatic N) is 2. The van der Waals surface area contributed by atoms with Crippen LogP contribution in [0.4, 0.5) is 5.82 Å². The zero-order valence-electron chi connectivity index (χ0n) is 20.1. The molecule has 210 valence electrons. The molecule has 0 spiro atoms. The molecule has 1 aliphatic heterocycles. The monoisotopic (exact) mass is 591 g/mol. The van der Waals surface area contributed by atoms with Crippen LogP contribution in [0, 0.1) is 5.92 Å². The number of hydrogen-bond acceptors (Lipinski definition) is 12. The number of aliphatic hydroxyl groups excluding tert-OH is 2. The lowest BCUT2D eigenvalue weighted by molar-refractivity contribution is -0.232. The van der Waals surface area contributed by atoms with Gasteiger partial charge in [-0.15, -0.1) is 0 Å². The predicted molar refractivity (Wildman–Crippen MR) is 133 cm³/mol. The predicted octanol–water partition coefficient (Wildman–Crippen LogP) is 0.889. The van der Waals surface area contributed by atoms with Crippen LogP contribution in [0.15, 0.2) is 41.3 Å². The van der Waals surface area contributed by atoms with Crippen molar-refractivity contribution in [2.75, 3.05) is 18.5 Å². The standard InChI is InChI=1S/C22H30ClN3O10P2/c23-15-6-8-16(9-7-15)37(30,31)36-38(32,33)34-13-17-19(27)20(28)21(35-17)26-11-10-18(25-22(26)29)24-12-14-4-2-1-3-5-14/h6-11,14,17,19-21,27-28H,1-5,12-13H2,(H,30,31)(H,32,33)(H,24,25,29)/p-2/t17-,19+,20?,21-/m1/s1. The molecule has 1 aromatic carbocycles. The zero-order valence-corrected chi connectivity index (χ0v) is 22.7. The second-order valence-electron chi connectivity index (χ2n) is 9.23. The summed E-state index contributed by atoms with van der Waals surface area (Å²) in [5.41, 5.74) is -0.760. The van der Waals surface area contributed by atoms with Gasteiger partial charge < -0.3 is 39.1 Å². The maximum absolute atomic E-state index is 12.6. The van der Waals surface area contributed by atoms with Gasteiger partial charge in [0.1, 0.15) is 24.1 Å². The van der Waals surface area contributed by atoms with Crippen molar-refractivity contribution in [2.45, 2.75) is 56.6 Å². The molecular formula is C22H28ClN3O10P2-2. The third-order valence-corrected chi connectivity index (χ3v) is 9.79. The van der Waals surface area contributed by atoms with Crippen LogP contribution in [-0.4, -0.2) is 51.2 Å². The van der Waals surface area contributed by atoms with E-state index >= 15 is 0 Å². The molecule has 0 radical (unpaired) electrons. The van der Waals surface area contributed by atoms with Gasteiger partial charge in [0.25, 0.3) is 7.82 Å². The first kappa shape index (κ1) is 29.4. The van der Waals surface area contributed by atoms with E-state index in [1.165, 1.54) is 43.7 Å². The minimum Gasteiger partial charge on any atom is -0.775 e. The number of rotatable bonds is 10. The van der Waals surface area contributed by atoms with E-state index < -0.39 is 57.6 Å². The largest absolute Gasteiger partial charge is 0.775 e. The molecule has 4 rings (SSSR count). The number of halogens is 1. The van der Waals surface area contributed by atoms with E-state index in [9.17, 15) is 33.9 Å². The normalized spacial score (nSPS) is 27.5. The van der Waals surface area contributed by atoms with E-state index in [2.05, 4.69) is 19.1 Å². The summed E-state index contributed by atoms with van der Waals surface area (Å²) < 4.78 is 39.7. The summed E-state index contributed by atoms with van der Waals surface area (Å²) in [6.45, 7) is -0.206. The number of nitrogens with one attached hydrogen (secondary N) is 1. The van der Waals surface area contributed by atoms with Crippen LogP contribution in [0.5, 0.6) is 0 Å². The average Bonchev–Trinajstić information content (AvgIpc) is 3.15. The number of phosphoric acid groups is 1. The summed E-state index contributed by atoms with van der Waals surface area (Å²) in [6.07, 6.45) is 1.04. The maximum atomic E-state index is 12.6. The summed E-state index contributed by atoms with van der Waals surface area (Å²) in [4.78, 5) is 40.9. The van der Waals surface area contributed by atoms with Crippen molar-refractivity contribution in [1.82, 2.24) is 9.55 Å². The molecule has 13 nitrogen and oxygen atoms in total. The van der Waals surface area contributed by atoms with Crippen LogP contribution >= 0.6 is 27.0 Å². The number of aromatic nitrogens is 2. The molecule has 2 fully saturated rings. The first-order valence-electron chi connectivity index (χ1n) is 12.0.